The minimum Gasteiger partial charge on any atom is -0.351 e. The molecular formula is C10H28N2O4Si. The summed E-state index contributed by atoms with van der Waals surface area (Å²) in [5.41, 5.74) is 9.81. The lowest BCUT2D eigenvalue weighted by atomic mass is 10.7. The highest BCUT2D eigenvalue weighted by molar-refractivity contribution is 6.53. The monoisotopic (exact) mass is 268 g/mol. The van der Waals surface area contributed by atoms with Crippen molar-refractivity contribution in [2.75, 3.05) is 39.5 Å². The molecule has 0 saturated heterocycles. The van der Waals surface area contributed by atoms with E-state index in [0.717, 1.165) is 0 Å². The van der Waals surface area contributed by atoms with E-state index in [1.165, 1.54) is 0 Å². The first-order valence-electron chi connectivity index (χ1n) is 6.12. The Labute approximate surface area is 106 Å². The molecule has 0 atom stereocenters. The summed E-state index contributed by atoms with van der Waals surface area (Å²) in [7, 11) is -2.80. The molecular weight excluding hydrogens is 240 g/mol. The Morgan fingerprint density at radius 1 is 0.647 bits per heavy atom. The van der Waals surface area contributed by atoms with Gasteiger partial charge in [-0.15, -0.1) is 0 Å². The lowest BCUT2D eigenvalue weighted by Crippen LogP contribution is -2.49. The van der Waals surface area contributed by atoms with Gasteiger partial charge in [0.25, 0.3) is 0 Å². The largest absolute Gasteiger partial charge is 0.679 e. The zero-order valence-electron chi connectivity index (χ0n) is 11.5. The summed E-state index contributed by atoms with van der Waals surface area (Å²) in [4.78, 5) is 0. The molecule has 0 aliphatic rings. The lowest BCUT2D eigenvalue weighted by molar-refractivity contribution is -0.0247. The van der Waals surface area contributed by atoms with E-state index >= 15 is 0 Å². The summed E-state index contributed by atoms with van der Waals surface area (Å²) in [6, 6.07) is 0. The number of rotatable bonds is 9. The van der Waals surface area contributed by atoms with Crippen molar-refractivity contribution in [3.8, 4) is 0 Å². The van der Waals surface area contributed by atoms with Crippen LogP contribution in [0.3, 0.4) is 0 Å². The van der Waals surface area contributed by atoms with Crippen molar-refractivity contribution >= 4 is 9.05 Å². The topological polar surface area (TPSA) is 89.0 Å². The molecule has 4 N–H and O–H groups in total. The summed E-state index contributed by atoms with van der Waals surface area (Å²) in [6.07, 6.45) is 0. The Kier molecular flexibility index (Phi) is 16.0. The second-order valence-electron chi connectivity index (χ2n) is 2.81. The van der Waals surface area contributed by atoms with Crippen LogP contribution in [-0.4, -0.2) is 48.6 Å². The number of hydrogen-bond donors (Lipinski definition) is 2. The first-order valence-corrected chi connectivity index (χ1v) is 7.75. The van der Waals surface area contributed by atoms with Gasteiger partial charge in [0.1, 0.15) is 0 Å². The molecule has 17 heavy (non-hydrogen) atoms. The van der Waals surface area contributed by atoms with Gasteiger partial charge < -0.3 is 29.2 Å². The molecule has 0 amide bonds. The highest BCUT2D eigenvalue weighted by Crippen LogP contribution is 2.11. The lowest BCUT2D eigenvalue weighted by Gasteiger charge is -2.26. The third kappa shape index (κ3) is 10.8. The molecule has 106 valence electrons. The highest BCUT2D eigenvalue weighted by Gasteiger charge is 2.44. The average Bonchev–Trinajstić information content (AvgIpc) is 2.31. The van der Waals surface area contributed by atoms with Gasteiger partial charge in [-0.1, -0.05) is 0 Å². The fraction of sp³-hybridized carbons (Fsp3) is 1.00. The molecule has 0 aromatic carbocycles. The predicted molar refractivity (Wildman–Crippen MR) is 70.4 cm³/mol. The number of hydrogen-bond acceptors (Lipinski definition) is 6. The maximum atomic E-state index is 5.42. The van der Waals surface area contributed by atoms with E-state index in [1.807, 2.05) is 27.7 Å². The molecule has 0 aliphatic heterocycles. The van der Waals surface area contributed by atoms with Crippen LogP contribution >= 0.6 is 0 Å². The first-order chi connectivity index (χ1) is 8.16. The third-order valence-corrected chi connectivity index (χ3v) is 4.02. The van der Waals surface area contributed by atoms with Crippen LogP contribution in [0, 0.1) is 0 Å². The Bertz CT molecular complexity index is 121. The molecule has 6 nitrogen and oxygen atoms in total. The molecule has 0 unspecified atom stereocenters. The van der Waals surface area contributed by atoms with Gasteiger partial charge in [0.2, 0.25) is 0 Å². The second-order valence-corrected chi connectivity index (χ2v) is 4.96. The van der Waals surface area contributed by atoms with Crippen molar-refractivity contribution in [3.63, 3.8) is 0 Å². The van der Waals surface area contributed by atoms with Crippen LogP contribution in [0.4, 0.5) is 0 Å². The van der Waals surface area contributed by atoms with Crippen molar-refractivity contribution in [1.82, 2.24) is 0 Å². The normalized spacial score (nSPS) is 10.9. The highest BCUT2D eigenvalue weighted by atomic mass is 28.4. The van der Waals surface area contributed by atoms with Crippen molar-refractivity contribution < 1.29 is 17.7 Å². The zero-order valence-corrected chi connectivity index (χ0v) is 12.5. The second kappa shape index (κ2) is 14.0. The molecule has 0 fully saturated rings. The fourth-order valence-corrected chi connectivity index (χ4v) is 2.87. The summed E-state index contributed by atoms with van der Waals surface area (Å²) in [5, 5.41) is 0. The molecule has 0 aromatic rings. The van der Waals surface area contributed by atoms with Crippen LogP contribution in [0.25, 0.3) is 0 Å². The molecule has 7 heteroatoms. The zero-order chi connectivity index (χ0) is 13.6. The molecule has 0 bridgehead atoms. The van der Waals surface area contributed by atoms with E-state index in [-0.39, 0.29) is 0 Å². The SMILES string of the molecule is CCO[Si](OCC)(OCC)OCC.NCCN. The molecule has 0 spiro atoms. The smallest absolute Gasteiger partial charge is 0.351 e. The van der Waals surface area contributed by atoms with E-state index in [0.29, 0.717) is 39.5 Å². The average molecular weight is 268 g/mol. The minimum absolute atomic E-state index is 0.548. The molecule has 0 aliphatic carbocycles. The van der Waals surface area contributed by atoms with Crippen LogP contribution in [0.5, 0.6) is 0 Å². The van der Waals surface area contributed by atoms with Crippen molar-refractivity contribution in [2.45, 2.75) is 27.7 Å². The van der Waals surface area contributed by atoms with Gasteiger partial charge in [-0.3, -0.25) is 0 Å². The van der Waals surface area contributed by atoms with E-state index in [2.05, 4.69) is 0 Å². The Morgan fingerprint density at radius 3 is 1.00 bits per heavy atom. The van der Waals surface area contributed by atoms with E-state index < -0.39 is 9.05 Å². The summed E-state index contributed by atoms with van der Waals surface area (Å²) in [6.45, 7) is 11.0. The molecule has 0 rings (SSSR count). The minimum atomic E-state index is -2.80. The maximum Gasteiger partial charge on any atom is 0.679 e. The van der Waals surface area contributed by atoms with Crippen LogP contribution in [0.1, 0.15) is 27.7 Å². The van der Waals surface area contributed by atoms with Gasteiger partial charge in [-0.05, 0) is 27.7 Å². The van der Waals surface area contributed by atoms with Crippen molar-refractivity contribution in [3.05, 3.63) is 0 Å². The van der Waals surface area contributed by atoms with Gasteiger partial charge in [0.15, 0.2) is 0 Å². The van der Waals surface area contributed by atoms with Gasteiger partial charge in [-0.25, -0.2) is 0 Å². The van der Waals surface area contributed by atoms with E-state index in [4.69, 9.17) is 29.2 Å². The predicted octanol–water partition coefficient (Wildman–Crippen LogP) is 0.472. The molecule has 0 heterocycles. The summed E-state index contributed by atoms with van der Waals surface area (Å²) < 4.78 is 21.7. The molecule has 0 aromatic heterocycles. The molecule has 0 saturated carbocycles. The van der Waals surface area contributed by atoms with Crippen molar-refractivity contribution in [1.29, 1.82) is 0 Å². The molecule has 0 radical (unpaired) electrons. The fourth-order valence-electron chi connectivity index (χ4n) is 0.957. The Hall–Kier alpha value is -0.0231. The van der Waals surface area contributed by atoms with Crippen molar-refractivity contribution in [2.24, 2.45) is 11.5 Å². The third-order valence-electron chi connectivity index (χ3n) is 1.45. The first kappa shape index (κ1) is 19.3. The van der Waals surface area contributed by atoms with Crippen LogP contribution in [-0.2, 0) is 17.7 Å². The van der Waals surface area contributed by atoms with Gasteiger partial charge in [0.05, 0.1) is 0 Å². The van der Waals surface area contributed by atoms with Gasteiger partial charge in [0, 0.05) is 39.5 Å². The summed E-state index contributed by atoms with van der Waals surface area (Å²) in [5.74, 6) is 0. The van der Waals surface area contributed by atoms with Gasteiger partial charge in [-0.2, -0.15) is 0 Å². The number of nitrogens with two attached hydrogens (primary N) is 2. The maximum absolute atomic E-state index is 5.42. The van der Waals surface area contributed by atoms with Crippen LogP contribution in [0.15, 0.2) is 0 Å². The standard InChI is InChI=1S/C8H20O4Si.C2H8N2/c1-5-9-13(10-6-2,11-7-3)12-8-4;3-1-2-4/h5-8H2,1-4H3;1-4H2. The van der Waals surface area contributed by atoms with E-state index in [9.17, 15) is 0 Å². The van der Waals surface area contributed by atoms with Gasteiger partial charge >= 0.3 is 9.05 Å². The van der Waals surface area contributed by atoms with Crippen LogP contribution in [0.2, 0.25) is 0 Å². The Balaban J connectivity index is 0. The van der Waals surface area contributed by atoms with Crippen LogP contribution < -0.4 is 11.5 Å². The summed E-state index contributed by atoms with van der Waals surface area (Å²) >= 11 is 0. The Morgan fingerprint density at radius 2 is 0.882 bits per heavy atom. The quantitative estimate of drug-likeness (QED) is 0.591. The van der Waals surface area contributed by atoms with E-state index in [1.54, 1.807) is 0 Å².